The molecule has 1 aromatic carbocycles. The van der Waals surface area contributed by atoms with Crippen LogP contribution in [0.5, 0.6) is 0 Å². The lowest BCUT2D eigenvalue weighted by Crippen LogP contribution is -2.61. The van der Waals surface area contributed by atoms with Crippen molar-refractivity contribution in [3.05, 3.63) is 47.5 Å². The van der Waals surface area contributed by atoms with Crippen molar-refractivity contribution in [3.63, 3.8) is 0 Å². The number of fused-ring (bicyclic) bond motifs is 6. The minimum absolute atomic E-state index is 0.155. The quantitative estimate of drug-likeness (QED) is 0.597. The number of benzene rings is 1. The van der Waals surface area contributed by atoms with E-state index in [1.54, 1.807) is 0 Å². The van der Waals surface area contributed by atoms with Crippen molar-refractivity contribution in [3.8, 4) is 0 Å². The summed E-state index contributed by atoms with van der Waals surface area (Å²) in [6, 6.07) is 9.26. The standard InChI is InChI=1S/C25H33N3O3/c1-31-24(29)22(17-8-3-2-4-9-17)26-25(30)28-13-7-10-18-14-19-15-20(23(18)28)16-27-12-6-5-11-21(19)27/h2-4,8-9,14,19-23H,5-7,10-13,15-16H2,1H3,(H,26,30)/t19-,20-,21-,22-,23-/m1/s1. The van der Waals surface area contributed by atoms with Gasteiger partial charge in [0, 0.05) is 19.1 Å². The van der Waals surface area contributed by atoms with Crippen LogP contribution >= 0.6 is 0 Å². The van der Waals surface area contributed by atoms with E-state index < -0.39 is 12.0 Å². The summed E-state index contributed by atoms with van der Waals surface area (Å²) in [5.74, 6) is 0.684. The van der Waals surface area contributed by atoms with Crippen molar-refractivity contribution in [1.82, 2.24) is 15.1 Å². The number of nitrogens with one attached hydrogen (secondary N) is 1. The Labute approximate surface area is 184 Å². The molecule has 0 saturated carbocycles. The summed E-state index contributed by atoms with van der Waals surface area (Å²) in [6.07, 6.45) is 9.71. The van der Waals surface area contributed by atoms with E-state index in [-0.39, 0.29) is 12.1 Å². The van der Waals surface area contributed by atoms with Crippen LogP contribution < -0.4 is 5.32 Å². The first kappa shape index (κ1) is 20.6. The SMILES string of the molecule is COC(=O)[C@H](NC(=O)N1CCCC2=C[C@@H]3C[C@H](CN4CCCC[C@H]34)[C@@H]21)c1ccccc1. The van der Waals surface area contributed by atoms with Gasteiger partial charge >= 0.3 is 12.0 Å². The van der Waals surface area contributed by atoms with Gasteiger partial charge < -0.3 is 15.0 Å². The Balaban J connectivity index is 1.38. The van der Waals surface area contributed by atoms with E-state index in [4.69, 9.17) is 4.74 Å². The average molecular weight is 424 g/mol. The predicted octanol–water partition coefficient (Wildman–Crippen LogP) is 3.51. The summed E-state index contributed by atoms with van der Waals surface area (Å²) in [6.45, 7) is 3.02. The zero-order chi connectivity index (χ0) is 21.4. The normalized spacial score (nSPS) is 31.0. The molecule has 31 heavy (non-hydrogen) atoms. The number of rotatable bonds is 3. The summed E-state index contributed by atoms with van der Waals surface area (Å²) in [7, 11) is 1.37. The lowest BCUT2D eigenvalue weighted by Gasteiger charge is -2.54. The highest BCUT2D eigenvalue weighted by atomic mass is 16.5. The Kier molecular flexibility index (Phi) is 5.74. The van der Waals surface area contributed by atoms with Crippen LogP contribution in [0, 0.1) is 11.8 Å². The molecule has 1 N–H and O–H groups in total. The number of esters is 1. The molecule has 3 aliphatic heterocycles. The van der Waals surface area contributed by atoms with Crippen LogP contribution in [0.3, 0.4) is 0 Å². The third-order valence-electron chi connectivity index (χ3n) is 7.76. The number of nitrogens with zero attached hydrogens (tertiary/aromatic N) is 2. The number of piperidine rings is 3. The first-order valence-corrected chi connectivity index (χ1v) is 11.8. The van der Waals surface area contributed by atoms with E-state index in [2.05, 4.69) is 16.3 Å². The molecule has 2 amide bonds. The maximum atomic E-state index is 13.5. The van der Waals surface area contributed by atoms with Gasteiger partial charge in [-0.25, -0.2) is 9.59 Å². The van der Waals surface area contributed by atoms with Gasteiger partial charge in [0.25, 0.3) is 0 Å². The second kappa shape index (κ2) is 8.65. The molecule has 4 aliphatic rings. The van der Waals surface area contributed by atoms with Crippen LogP contribution in [0.4, 0.5) is 4.79 Å². The van der Waals surface area contributed by atoms with Gasteiger partial charge in [-0.3, -0.25) is 4.90 Å². The summed E-state index contributed by atoms with van der Waals surface area (Å²) < 4.78 is 5.00. The van der Waals surface area contributed by atoms with Crippen LogP contribution in [0.1, 0.15) is 50.1 Å². The van der Waals surface area contributed by atoms with Gasteiger partial charge in [-0.2, -0.15) is 0 Å². The first-order valence-electron chi connectivity index (χ1n) is 11.8. The van der Waals surface area contributed by atoms with E-state index in [1.165, 1.54) is 44.9 Å². The molecule has 0 radical (unpaired) electrons. The van der Waals surface area contributed by atoms with Crippen molar-refractivity contribution in [2.45, 2.75) is 56.7 Å². The lowest BCUT2D eigenvalue weighted by molar-refractivity contribution is -0.143. The van der Waals surface area contributed by atoms with Gasteiger partial charge in [0.2, 0.25) is 0 Å². The molecule has 1 aliphatic carbocycles. The summed E-state index contributed by atoms with van der Waals surface area (Å²) in [4.78, 5) is 30.6. The van der Waals surface area contributed by atoms with Gasteiger partial charge in [-0.15, -0.1) is 0 Å². The third-order valence-corrected chi connectivity index (χ3v) is 7.76. The van der Waals surface area contributed by atoms with Crippen LogP contribution in [-0.4, -0.2) is 60.6 Å². The van der Waals surface area contributed by atoms with E-state index >= 15 is 0 Å². The fourth-order valence-corrected chi connectivity index (χ4v) is 6.45. The molecular formula is C25H33N3O3. The smallest absolute Gasteiger partial charge is 0.333 e. The van der Waals surface area contributed by atoms with Gasteiger partial charge in [0.1, 0.15) is 0 Å². The molecule has 3 fully saturated rings. The molecular weight excluding hydrogens is 390 g/mol. The van der Waals surface area contributed by atoms with Crippen molar-refractivity contribution in [1.29, 1.82) is 0 Å². The highest BCUT2D eigenvalue weighted by Crippen LogP contribution is 2.45. The highest BCUT2D eigenvalue weighted by Gasteiger charge is 2.47. The number of urea groups is 1. The lowest BCUT2D eigenvalue weighted by atomic mass is 9.68. The summed E-state index contributed by atoms with van der Waals surface area (Å²) in [5.41, 5.74) is 2.19. The Hall–Kier alpha value is -2.34. The molecule has 6 heteroatoms. The molecule has 5 atom stereocenters. The van der Waals surface area contributed by atoms with Crippen LogP contribution in [0.2, 0.25) is 0 Å². The number of carbonyl (C=O) groups excluding carboxylic acids is 2. The molecule has 1 aromatic rings. The number of hydrogen-bond donors (Lipinski definition) is 1. The van der Waals surface area contributed by atoms with E-state index in [0.29, 0.717) is 17.9 Å². The number of likely N-dealkylation sites (tertiary alicyclic amines) is 1. The maximum Gasteiger partial charge on any atom is 0.333 e. The van der Waals surface area contributed by atoms with Gasteiger partial charge in [-0.1, -0.05) is 48.4 Å². The van der Waals surface area contributed by atoms with Gasteiger partial charge in [-0.05, 0) is 56.0 Å². The number of hydrogen-bond acceptors (Lipinski definition) is 4. The Morgan fingerprint density at radius 2 is 1.97 bits per heavy atom. The van der Waals surface area contributed by atoms with Crippen LogP contribution in [-0.2, 0) is 9.53 Å². The minimum atomic E-state index is -0.790. The largest absolute Gasteiger partial charge is 0.467 e. The third kappa shape index (κ3) is 3.86. The summed E-state index contributed by atoms with van der Waals surface area (Å²) >= 11 is 0. The Bertz CT molecular complexity index is 855. The van der Waals surface area contributed by atoms with Crippen molar-refractivity contribution in [2.75, 3.05) is 26.7 Å². The highest BCUT2D eigenvalue weighted by molar-refractivity contribution is 5.85. The number of amides is 2. The van der Waals surface area contributed by atoms with Gasteiger partial charge in [0.15, 0.2) is 6.04 Å². The summed E-state index contributed by atoms with van der Waals surface area (Å²) in [5, 5.41) is 2.99. The Morgan fingerprint density at radius 1 is 1.13 bits per heavy atom. The number of carbonyl (C=O) groups is 2. The van der Waals surface area contributed by atoms with E-state index in [9.17, 15) is 9.59 Å². The van der Waals surface area contributed by atoms with Crippen LogP contribution in [0.25, 0.3) is 0 Å². The first-order chi connectivity index (χ1) is 15.2. The predicted molar refractivity (Wildman–Crippen MR) is 118 cm³/mol. The van der Waals surface area contributed by atoms with Crippen LogP contribution in [0.15, 0.2) is 42.0 Å². The fraction of sp³-hybridized carbons (Fsp3) is 0.600. The number of ether oxygens (including phenoxy) is 1. The molecule has 0 spiro atoms. The van der Waals surface area contributed by atoms with Gasteiger partial charge in [0.05, 0.1) is 13.2 Å². The zero-order valence-corrected chi connectivity index (χ0v) is 18.3. The minimum Gasteiger partial charge on any atom is -0.467 e. The van der Waals surface area contributed by atoms with E-state index in [0.717, 1.165) is 31.5 Å². The monoisotopic (exact) mass is 423 g/mol. The molecule has 0 aromatic heterocycles. The topological polar surface area (TPSA) is 61.9 Å². The fourth-order valence-electron chi connectivity index (χ4n) is 6.45. The number of methoxy groups -OCH3 is 1. The molecule has 166 valence electrons. The second-order valence-corrected chi connectivity index (χ2v) is 9.52. The Morgan fingerprint density at radius 3 is 2.77 bits per heavy atom. The molecule has 3 saturated heterocycles. The molecule has 0 unspecified atom stereocenters. The maximum absolute atomic E-state index is 13.5. The van der Waals surface area contributed by atoms with E-state index in [1.807, 2.05) is 35.2 Å². The van der Waals surface area contributed by atoms with Crippen molar-refractivity contribution >= 4 is 12.0 Å². The molecule has 2 bridgehead atoms. The van der Waals surface area contributed by atoms with Crippen molar-refractivity contribution in [2.24, 2.45) is 11.8 Å². The second-order valence-electron chi connectivity index (χ2n) is 9.52. The molecule has 6 nitrogen and oxygen atoms in total. The zero-order valence-electron chi connectivity index (χ0n) is 18.3. The molecule has 3 heterocycles. The van der Waals surface area contributed by atoms with Crippen molar-refractivity contribution < 1.29 is 14.3 Å². The molecule has 5 rings (SSSR count). The average Bonchev–Trinajstić information content (AvgIpc) is 2.82.